The number of hydrogen-bond donors (Lipinski definition) is 4. The van der Waals surface area contributed by atoms with Crippen molar-refractivity contribution in [3.05, 3.63) is 78.4 Å². The highest BCUT2D eigenvalue weighted by molar-refractivity contribution is 5.95. The molecule has 3 aromatic carbocycles. The predicted molar refractivity (Wildman–Crippen MR) is 122 cm³/mol. The lowest BCUT2D eigenvalue weighted by molar-refractivity contribution is 0.188. The maximum Gasteiger partial charge on any atom is 0.324 e. The molecule has 0 atom stereocenters. The molecular weight excluding hydrogens is 374 g/mol. The molecule has 1 aliphatic rings. The lowest BCUT2D eigenvalue weighted by Gasteiger charge is -2.33. The van der Waals surface area contributed by atoms with Gasteiger partial charge in [-0.2, -0.15) is 0 Å². The summed E-state index contributed by atoms with van der Waals surface area (Å²) in [6, 6.07) is 24.6. The molecule has 4 rings (SSSR count). The summed E-state index contributed by atoms with van der Waals surface area (Å²) < 4.78 is 0. The van der Waals surface area contributed by atoms with Crippen LogP contribution in [0.25, 0.3) is 10.8 Å². The number of benzene rings is 3. The SMILES string of the molecule is N=C(NCc1cccc2ccccc12)NC(=O)N1CCC(Nc2ccccc2)CC1. The van der Waals surface area contributed by atoms with Crippen molar-refractivity contribution < 1.29 is 4.79 Å². The largest absolute Gasteiger partial charge is 0.382 e. The Bertz CT molecular complexity index is 1010. The molecule has 1 fully saturated rings. The number of likely N-dealkylation sites (tertiary alicyclic amines) is 1. The quantitative estimate of drug-likeness (QED) is 0.392. The van der Waals surface area contributed by atoms with Crippen LogP contribution >= 0.6 is 0 Å². The Hall–Kier alpha value is -3.54. The second kappa shape index (κ2) is 9.31. The van der Waals surface area contributed by atoms with Crippen LogP contribution in [0.3, 0.4) is 0 Å². The molecule has 30 heavy (non-hydrogen) atoms. The predicted octanol–water partition coefficient (Wildman–Crippen LogP) is 4.15. The van der Waals surface area contributed by atoms with Gasteiger partial charge in [-0.3, -0.25) is 10.7 Å². The van der Waals surface area contributed by atoms with E-state index in [1.165, 1.54) is 5.39 Å². The fraction of sp³-hybridized carbons (Fsp3) is 0.250. The van der Waals surface area contributed by atoms with E-state index < -0.39 is 0 Å². The fourth-order valence-electron chi connectivity index (χ4n) is 3.86. The third-order valence-electron chi connectivity index (χ3n) is 5.49. The smallest absolute Gasteiger partial charge is 0.324 e. The van der Waals surface area contributed by atoms with Gasteiger partial charge in [-0.25, -0.2) is 4.79 Å². The maximum absolute atomic E-state index is 12.5. The Morgan fingerprint density at radius 1 is 0.933 bits per heavy atom. The van der Waals surface area contributed by atoms with E-state index in [0.29, 0.717) is 25.7 Å². The van der Waals surface area contributed by atoms with Crippen molar-refractivity contribution in [1.29, 1.82) is 5.41 Å². The number of amides is 2. The van der Waals surface area contributed by atoms with E-state index in [-0.39, 0.29) is 12.0 Å². The van der Waals surface area contributed by atoms with Gasteiger partial charge in [0.2, 0.25) is 0 Å². The van der Waals surface area contributed by atoms with E-state index in [1.807, 2.05) is 42.5 Å². The first-order chi connectivity index (χ1) is 14.7. The summed E-state index contributed by atoms with van der Waals surface area (Å²) in [5.41, 5.74) is 2.21. The van der Waals surface area contributed by atoms with Crippen LogP contribution in [0.1, 0.15) is 18.4 Å². The molecule has 0 aliphatic carbocycles. The summed E-state index contributed by atoms with van der Waals surface area (Å²) in [6.45, 7) is 1.84. The Morgan fingerprint density at radius 3 is 2.43 bits per heavy atom. The van der Waals surface area contributed by atoms with Crippen LogP contribution in [-0.4, -0.2) is 36.0 Å². The molecule has 3 aromatic rings. The molecule has 6 heteroatoms. The van der Waals surface area contributed by atoms with Crippen molar-refractivity contribution >= 4 is 28.5 Å². The Labute approximate surface area is 176 Å². The van der Waals surface area contributed by atoms with Crippen molar-refractivity contribution in [2.75, 3.05) is 18.4 Å². The van der Waals surface area contributed by atoms with Crippen LogP contribution in [0.4, 0.5) is 10.5 Å². The number of carbonyl (C=O) groups excluding carboxylic acids is 1. The van der Waals surface area contributed by atoms with Crippen LogP contribution in [0.15, 0.2) is 72.8 Å². The highest BCUT2D eigenvalue weighted by Crippen LogP contribution is 2.18. The first-order valence-corrected chi connectivity index (χ1v) is 10.4. The average molecular weight is 402 g/mol. The lowest BCUT2D eigenvalue weighted by Crippen LogP contribution is -2.50. The van der Waals surface area contributed by atoms with Crippen molar-refractivity contribution in [1.82, 2.24) is 15.5 Å². The van der Waals surface area contributed by atoms with E-state index in [1.54, 1.807) is 4.90 Å². The van der Waals surface area contributed by atoms with E-state index in [0.717, 1.165) is 29.5 Å². The summed E-state index contributed by atoms with van der Waals surface area (Å²) in [5, 5.41) is 19.6. The van der Waals surface area contributed by atoms with Crippen molar-refractivity contribution in [3.8, 4) is 0 Å². The maximum atomic E-state index is 12.5. The molecule has 2 amide bonds. The van der Waals surface area contributed by atoms with Gasteiger partial charge in [0.1, 0.15) is 0 Å². The highest BCUT2D eigenvalue weighted by Gasteiger charge is 2.23. The minimum atomic E-state index is -0.219. The average Bonchev–Trinajstić information content (AvgIpc) is 2.79. The van der Waals surface area contributed by atoms with Gasteiger partial charge in [-0.1, -0.05) is 60.7 Å². The molecule has 0 saturated carbocycles. The summed E-state index contributed by atoms with van der Waals surface area (Å²) in [6.07, 6.45) is 1.78. The Balaban J connectivity index is 1.23. The topological polar surface area (TPSA) is 80.2 Å². The Morgan fingerprint density at radius 2 is 1.63 bits per heavy atom. The summed E-state index contributed by atoms with van der Waals surface area (Å²) in [4.78, 5) is 14.3. The minimum absolute atomic E-state index is 0.0254. The number of guanidine groups is 1. The van der Waals surface area contributed by atoms with Gasteiger partial charge < -0.3 is 15.5 Å². The summed E-state index contributed by atoms with van der Waals surface area (Å²) >= 11 is 0. The third kappa shape index (κ3) is 4.89. The van der Waals surface area contributed by atoms with Crippen molar-refractivity contribution in [2.45, 2.75) is 25.4 Å². The van der Waals surface area contributed by atoms with Crippen molar-refractivity contribution in [3.63, 3.8) is 0 Å². The first-order valence-electron chi connectivity index (χ1n) is 10.4. The van der Waals surface area contributed by atoms with Crippen LogP contribution in [0.5, 0.6) is 0 Å². The number of carbonyl (C=O) groups is 1. The number of urea groups is 1. The molecule has 0 spiro atoms. The summed E-state index contributed by atoms with van der Waals surface area (Å²) in [5.74, 6) is 0.0254. The number of hydrogen-bond acceptors (Lipinski definition) is 3. The second-order valence-electron chi connectivity index (χ2n) is 7.57. The molecule has 1 saturated heterocycles. The van der Waals surface area contributed by atoms with E-state index in [2.05, 4.69) is 46.3 Å². The van der Waals surface area contributed by atoms with Gasteiger partial charge in [0, 0.05) is 31.4 Å². The fourth-order valence-corrected chi connectivity index (χ4v) is 3.86. The number of anilines is 1. The molecule has 4 N–H and O–H groups in total. The number of para-hydroxylation sites is 1. The molecule has 154 valence electrons. The van der Waals surface area contributed by atoms with E-state index >= 15 is 0 Å². The van der Waals surface area contributed by atoms with Gasteiger partial charge in [0.15, 0.2) is 5.96 Å². The standard InChI is InChI=1S/C24H27N5O/c25-23(26-17-19-9-6-8-18-7-4-5-12-22(18)19)28-24(30)29-15-13-21(14-16-29)27-20-10-2-1-3-11-20/h1-12,21,27H,13-17H2,(H3,25,26,28,30). The van der Waals surface area contributed by atoms with Crippen molar-refractivity contribution in [2.24, 2.45) is 0 Å². The number of nitrogens with zero attached hydrogens (tertiary/aromatic N) is 1. The number of fused-ring (bicyclic) bond motifs is 1. The molecule has 0 unspecified atom stereocenters. The molecule has 6 nitrogen and oxygen atoms in total. The third-order valence-corrected chi connectivity index (χ3v) is 5.49. The molecule has 1 heterocycles. The van der Waals surface area contributed by atoms with Crippen LogP contribution in [-0.2, 0) is 6.54 Å². The molecular formula is C24H27N5O. The highest BCUT2D eigenvalue weighted by atomic mass is 16.2. The number of rotatable bonds is 4. The molecule has 0 bridgehead atoms. The van der Waals surface area contributed by atoms with Gasteiger partial charge in [-0.05, 0) is 41.3 Å². The minimum Gasteiger partial charge on any atom is -0.382 e. The lowest BCUT2D eigenvalue weighted by atomic mass is 10.0. The van der Waals surface area contributed by atoms with E-state index in [4.69, 9.17) is 5.41 Å². The summed E-state index contributed by atoms with van der Waals surface area (Å²) in [7, 11) is 0. The van der Waals surface area contributed by atoms with E-state index in [9.17, 15) is 4.79 Å². The zero-order valence-corrected chi connectivity index (χ0v) is 16.9. The second-order valence-corrected chi connectivity index (χ2v) is 7.57. The number of nitrogens with one attached hydrogen (secondary N) is 4. The molecule has 0 aromatic heterocycles. The first kappa shape index (κ1) is 19.8. The van der Waals surface area contributed by atoms with Gasteiger partial charge in [0.05, 0.1) is 0 Å². The Kier molecular flexibility index (Phi) is 6.13. The number of piperidine rings is 1. The normalized spacial score (nSPS) is 14.3. The zero-order valence-electron chi connectivity index (χ0n) is 16.9. The molecule has 0 radical (unpaired) electrons. The van der Waals surface area contributed by atoms with Crippen LogP contribution in [0, 0.1) is 5.41 Å². The molecule has 1 aliphatic heterocycles. The van der Waals surface area contributed by atoms with Crippen LogP contribution in [0.2, 0.25) is 0 Å². The monoisotopic (exact) mass is 401 g/mol. The van der Waals surface area contributed by atoms with Gasteiger partial charge in [0.25, 0.3) is 0 Å². The van der Waals surface area contributed by atoms with Gasteiger partial charge >= 0.3 is 6.03 Å². The zero-order chi connectivity index (χ0) is 20.8. The van der Waals surface area contributed by atoms with Gasteiger partial charge in [-0.15, -0.1) is 0 Å². The van der Waals surface area contributed by atoms with Crippen LogP contribution < -0.4 is 16.0 Å².